The van der Waals surface area contributed by atoms with Crippen molar-refractivity contribution in [3.8, 4) is 5.75 Å². The van der Waals surface area contributed by atoms with Gasteiger partial charge < -0.3 is 4.74 Å². The van der Waals surface area contributed by atoms with Crippen molar-refractivity contribution in [2.24, 2.45) is 11.8 Å². The van der Waals surface area contributed by atoms with Gasteiger partial charge in [-0.25, -0.2) is 0 Å². The SMILES string of the molecule is CCC(C)C(NN)c1ccc(OC(F)(F)F)cc1. The smallest absolute Gasteiger partial charge is 0.406 e. The molecule has 0 aliphatic carbocycles. The first-order valence-corrected chi connectivity index (χ1v) is 5.69. The van der Waals surface area contributed by atoms with Gasteiger partial charge in [-0.2, -0.15) is 0 Å². The highest BCUT2D eigenvalue weighted by Gasteiger charge is 2.31. The number of nitrogens with two attached hydrogens (primary N) is 1. The zero-order chi connectivity index (χ0) is 13.8. The lowest BCUT2D eigenvalue weighted by atomic mass is 9.93. The molecule has 0 amide bonds. The molecule has 0 fully saturated rings. The van der Waals surface area contributed by atoms with Crippen molar-refractivity contribution in [2.75, 3.05) is 0 Å². The fraction of sp³-hybridized carbons (Fsp3) is 0.500. The molecule has 2 unspecified atom stereocenters. The summed E-state index contributed by atoms with van der Waals surface area (Å²) in [6.07, 6.45) is -3.75. The van der Waals surface area contributed by atoms with Crippen molar-refractivity contribution in [3.63, 3.8) is 0 Å². The van der Waals surface area contributed by atoms with Gasteiger partial charge in [0.2, 0.25) is 0 Å². The maximum absolute atomic E-state index is 12.0. The van der Waals surface area contributed by atoms with E-state index in [4.69, 9.17) is 5.84 Å². The van der Waals surface area contributed by atoms with E-state index in [0.29, 0.717) is 0 Å². The second kappa shape index (κ2) is 6.06. The van der Waals surface area contributed by atoms with Crippen molar-refractivity contribution in [3.05, 3.63) is 29.8 Å². The van der Waals surface area contributed by atoms with E-state index in [1.54, 1.807) is 12.1 Å². The number of benzene rings is 1. The molecule has 0 aliphatic heterocycles. The Balaban J connectivity index is 2.81. The van der Waals surface area contributed by atoms with Crippen molar-refractivity contribution in [1.29, 1.82) is 0 Å². The Bertz CT molecular complexity index is 365. The second-order valence-electron chi connectivity index (χ2n) is 4.15. The second-order valence-corrected chi connectivity index (χ2v) is 4.15. The minimum Gasteiger partial charge on any atom is -0.406 e. The van der Waals surface area contributed by atoms with Crippen LogP contribution in [0.5, 0.6) is 5.75 Å². The van der Waals surface area contributed by atoms with Crippen LogP contribution in [-0.4, -0.2) is 6.36 Å². The van der Waals surface area contributed by atoms with E-state index in [1.807, 2.05) is 13.8 Å². The number of nitrogens with one attached hydrogen (secondary N) is 1. The predicted octanol–water partition coefficient (Wildman–Crippen LogP) is 3.14. The average Bonchev–Trinajstić information content (AvgIpc) is 2.30. The largest absolute Gasteiger partial charge is 0.573 e. The first-order chi connectivity index (χ1) is 8.37. The van der Waals surface area contributed by atoms with Crippen LogP contribution in [0.15, 0.2) is 24.3 Å². The summed E-state index contributed by atoms with van der Waals surface area (Å²) >= 11 is 0. The quantitative estimate of drug-likeness (QED) is 0.633. The zero-order valence-corrected chi connectivity index (χ0v) is 10.3. The monoisotopic (exact) mass is 262 g/mol. The Hall–Kier alpha value is -1.27. The summed E-state index contributed by atoms with van der Waals surface area (Å²) in [5, 5.41) is 0. The molecule has 0 radical (unpaired) electrons. The summed E-state index contributed by atoms with van der Waals surface area (Å²) in [6.45, 7) is 4.04. The highest BCUT2D eigenvalue weighted by atomic mass is 19.4. The number of hydrogen-bond acceptors (Lipinski definition) is 3. The van der Waals surface area contributed by atoms with Crippen LogP contribution < -0.4 is 16.0 Å². The molecular formula is C12H17F3N2O. The highest BCUT2D eigenvalue weighted by molar-refractivity contribution is 5.29. The molecule has 0 saturated carbocycles. The Morgan fingerprint density at radius 3 is 2.22 bits per heavy atom. The van der Waals surface area contributed by atoms with Crippen LogP contribution in [0.4, 0.5) is 13.2 Å². The summed E-state index contributed by atoms with van der Waals surface area (Å²) in [6, 6.07) is 5.65. The molecule has 18 heavy (non-hydrogen) atoms. The van der Waals surface area contributed by atoms with Gasteiger partial charge in [0, 0.05) is 6.04 Å². The summed E-state index contributed by atoms with van der Waals surface area (Å²) in [5.74, 6) is 5.51. The molecule has 0 saturated heterocycles. The fourth-order valence-electron chi connectivity index (χ4n) is 1.70. The summed E-state index contributed by atoms with van der Waals surface area (Å²) in [4.78, 5) is 0. The summed E-state index contributed by atoms with van der Waals surface area (Å²) in [7, 11) is 0. The van der Waals surface area contributed by atoms with Crippen LogP contribution in [-0.2, 0) is 0 Å². The van der Waals surface area contributed by atoms with Crippen molar-refractivity contribution in [1.82, 2.24) is 5.43 Å². The van der Waals surface area contributed by atoms with Crippen molar-refractivity contribution in [2.45, 2.75) is 32.7 Å². The zero-order valence-electron chi connectivity index (χ0n) is 10.3. The normalized spacial score (nSPS) is 15.2. The van der Waals surface area contributed by atoms with Crippen LogP contribution in [0.2, 0.25) is 0 Å². The molecule has 102 valence electrons. The van der Waals surface area contributed by atoms with Crippen LogP contribution >= 0.6 is 0 Å². The lowest BCUT2D eigenvalue weighted by Crippen LogP contribution is -2.32. The minimum atomic E-state index is -4.66. The molecule has 2 atom stereocenters. The summed E-state index contributed by atoms with van der Waals surface area (Å²) < 4.78 is 39.8. The molecule has 3 nitrogen and oxygen atoms in total. The molecule has 0 bridgehead atoms. The van der Waals surface area contributed by atoms with E-state index in [0.717, 1.165) is 12.0 Å². The van der Waals surface area contributed by atoms with Crippen LogP contribution in [0, 0.1) is 5.92 Å². The molecule has 0 aromatic heterocycles. The standard InChI is InChI=1S/C12H17F3N2O/c1-3-8(2)11(17-16)9-4-6-10(7-5-9)18-12(13,14)15/h4-8,11,17H,3,16H2,1-2H3. The Kier molecular flexibility index (Phi) is 4.98. The molecule has 0 aliphatic rings. The topological polar surface area (TPSA) is 47.3 Å². The molecule has 3 N–H and O–H groups in total. The van der Waals surface area contributed by atoms with E-state index in [1.165, 1.54) is 12.1 Å². The van der Waals surface area contributed by atoms with E-state index in [2.05, 4.69) is 10.2 Å². The number of alkyl halides is 3. The van der Waals surface area contributed by atoms with Gasteiger partial charge in [0.25, 0.3) is 0 Å². The van der Waals surface area contributed by atoms with E-state index >= 15 is 0 Å². The maximum atomic E-state index is 12.0. The lowest BCUT2D eigenvalue weighted by molar-refractivity contribution is -0.274. The van der Waals surface area contributed by atoms with Gasteiger partial charge in [-0.1, -0.05) is 32.4 Å². The number of halogens is 3. The molecular weight excluding hydrogens is 245 g/mol. The third kappa shape index (κ3) is 4.19. The van der Waals surface area contributed by atoms with Crippen LogP contribution in [0.25, 0.3) is 0 Å². The maximum Gasteiger partial charge on any atom is 0.573 e. The molecule has 0 heterocycles. The van der Waals surface area contributed by atoms with Gasteiger partial charge in [-0.3, -0.25) is 11.3 Å². The summed E-state index contributed by atoms with van der Waals surface area (Å²) in [5.41, 5.74) is 3.51. The Morgan fingerprint density at radius 1 is 1.28 bits per heavy atom. The van der Waals surface area contributed by atoms with Crippen molar-refractivity contribution >= 4 is 0 Å². The van der Waals surface area contributed by atoms with Gasteiger partial charge in [0.1, 0.15) is 5.75 Å². The van der Waals surface area contributed by atoms with Crippen molar-refractivity contribution < 1.29 is 17.9 Å². The average molecular weight is 262 g/mol. The van der Waals surface area contributed by atoms with Gasteiger partial charge >= 0.3 is 6.36 Å². The first-order valence-electron chi connectivity index (χ1n) is 5.69. The molecule has 1 rings (SSSR count). The fourth-order valence-corrected chi connectivity index (χ4v) is 1.70. The number of rotatable bonds is 5. The first kappa shape index (κ1) is 14.8. The number of hydrazine groups is 1. The van der Waals surface area contributed by atoms with Gasteiger partial charge in [-0.05, 0) is 23.6 Å². The molecule has 1 aromatic carbocycles. The number of hydrogen-bond donors (Lipinski definition) is 2. The van der Waals surface area contributed by atoms with E-state index in [9.17, 15) is 13.2 Å². The van der Waals surface area contributed by atoms with Crippen LogP contribution in [0.3, 0.4) is 0 Å². The predicted molar refractivity (Wildman–Crippen MR) is 62.6 cm³/mol. The third-order valence-corrected chi connectivity index (χ3v) is 2.87. The molecule has 0 spiro atoms. The Labute approximate surface area is 104 Å². The molecule has 1 aromatic rings. The van der Waals surface area contributed by atoms with Gasteiger partial charge in [-0.15, -0.1) is 13.2 Å². The third-order valence-electron chi connectivity index (χ3n) is 2.87. The van der Waals surface area contributed by atoms with Gasteiger partial charge in [0.05, 0.1) is 0 Å². The highest BCUT2D eigenvalue weighted by Crippen LogP contribution is 2.27. The van der Waals surface area contributed by atoms with E-state index < -0.39 is 6.36 Å². The van der Waals surface area contributed by atoms with Crippen LogP contribution in [0.1, 0.15) is 31.9 Å². The van der Waals surface area contributed by atoms with Gasteiger partial charge in [0.15, 0.2) is 0 Å². The lowest BCUT2D eigenvalue weighted by Gasteiger charge is -2.22. The minimum absolute atomic E-state index is 0.0880. The Morgan fingerprint density at radius 2 is 1.83 bits per heavy atom. The molecule has 6 heteroatoms. The number of ether oxygens (including phenoxy) is 1. The van der Waals surface area contributed by atoms with E-state index in [-0.39, 0.29) is 17.7 Å².